The molecule has 0 aliphatic rings. The molecule has 0 saturated heterocycles. The van der Waals surface area contributed by atoms with E-state index >= 15 is 0 Å². The third-order valence-electron chi connectivity index (χ3n) is 5.48. The lowest BCUT2D eigenvalue weighted by molar-refractivity contribution is 0.102. The lowest BCUT2D eigenvalue weighted by Gasteiger charge is -2.11. The van der Waals surface area contributed by atoms with Gasteiger partial charge in [-0.25, -0.2) is 4.98 Å². The number of carbonyl (C=O) groups is 1. The summed E-state index contributed by atoms with van der Waals surface area (Å²) >= 11 is 7.73. The Morgan fingerprint density at radius 2 is 1.86 bits per heavy atom. The maximum atomic E-state index is 13.0. The van der Waals surface area contributed by atoms with E-state index in [0.29, 0.717) is 39.8 Å². The molecule has 35 heavy (non-hydrogen) atoms. The molecular formula is C26H20ClN5O2S. The fourth-order valence-electron chi connectivity index (χ4n) is 3.71. The molecule has 3 aromatic heterocycles. The molecule has 0 fully saturated rings. The topological polar surface area (TPSA) is 92.7 Å². The number of H-pyrrole nitrogens is 1. The molecule has 0 radical (unpaired) electrons. The van der Waals surface area contributed by atoms with Crippen LogP contribution < -0.4 is 10.9 Å². The van der Waals surface area contributed by atoms with Crippen molar-refractivity contribution >= 4 is 34.7 Å². The lowest BCUT2D eigenvalue weighted by Crippen LogP contribution is -2.22. The minimum absolute atomic E-state index is 0.210. The van der Waals surface area contributed by atoms with Crippen LogP contribution in [0.1, 0.15) is 27.2 Å². The molecule has 5 rings (SSSR count). The molecule has 5 aromatic rings. The summed E-state index contributed by atoms with van der Waals surface area (Å²) in [5, 5.41) is 9.78. The van der Waals surface area contributed by atoms with Crippen LogP contribution in [0.2, 0.25) is 5.02 Å². The highest BCUT2D eigenvalue weighted by molar-refractivity contribution is 7.13. The molecule has 2 N–H and O–H groups in total. The molecule has 0 bridgehead atoms. The number of aryl methyl sites for hydroxylation is 1. The number of carbonyl (C=O) groups excluding carboxylic acids is 1. The lowest BCUT2D eigenvalue weighted by atomic mass is 10.1. The number of thiophene rings is 1. The van der Waals surface area contributed by atoms with Crippen LogP contribution in [0, 0.1) is 6.92 Å². The van der Waals surface area contributed by atoms with Gasteiger partial charge in [-0.1, -0.05) is 60.1 Å². The summed E-state index contributed by atoms with van der Waals surface area (Å²) in [6.07, 6.45) is 0.463. The van der Waals surface area contributed by atoms with Crippen LogP contribution in [0.4, 0.5) is 5.82 Å². The molecule has 0 saturated carbocycles. The molecule has 0 unspecified atom stereocenters. The first-order valence-corrected chi connectivity index (χ1v) is 12.1. The number of nitrogens with zero attached hydrogens (tertiary/aromatic N) is 3. The molecular weight excluding hydrogens is 482 g/mol. The second kappa shape index (κ2) is 9.69. The number of halogens is 1. The van der Waals surface area contributed by atoms with Crippen molar-refractivity contribution in [2.75, 3.05) is 5.32 Å². The Hall–Kier alpha value is -4.01. The number of anilines is 1. The zero-order chi connectivity index (χ0) is 24.4. The van der Waals surface area contributed by atoms with Crippen molar-refractivity contribution in [3.8, 4) is 16.5 Å². The van der Waals surface area contributed by atoms with Crippen molar-refractivity contribution in [1.82, 2.24) is 19.7 Å². The Kier molecular flexibility index (Phi) is 6.31. The summed E-state index contributed by atoms with van der Waals surface area (Å²) in [5.74, 6) is 0.174. The number of aromatic nitrogens is 4. The molecule has 2 aromatic carbocycles. The van der Waals surface area contributed by atoms with E-state index in [9.17, 15) is 9.59 Å². The summed E-state index contributed by atoms with van der Waals surface area (Å²) in [7, 11) is 0. The first-order chi connectivity index (χ1) is 17.0. The van der Waals surface area contributed by atoms with Gasteiger partial charge in [0.05, 0.1) is 21.2 Å². The summed E-state index contributed by atoms with van der Waals surface area (Å²) in [4.78, 5) is 34.4. The van der Waals surface area contributed by atoms with Gasteiger partial charge in [-0.2, -0.15) is 9.78 Å². The Morgan fingerprint density at radius 1 is 1.09 bits per heavy atom. The van der Waals surface area contributed by atoms with Gasteiger partial charge in [0.2, 0.25) is 5.95 Å². The molecule has 0 spiro atoms. The van der Waals surface area contributed by atoms with Crippen molar-refractivity contribution in [2.24, 2.45) is 0 Å². The van der Waals surface area contributed by atoms with E-state index in [4.69, 9.17) is 11.6 Å². The Bertz CT molecular complexity index is 1560. The molecule has 1 amide bonds. The average molecular weight is 502 g/mol. The Balaban J connectivity index is 1.55. The summed E-state index contributed by atoms with van der Waals surface area (Å²) in [5.41, 5.74) is 2.89. The van der Waals surface area contributed by atoms with Gasteiger partial charge in [-0.15, -0.1) is 11.3 Å². The van der Waals surface area contributed by atoms with E-state index in [0.717, 1.165) is 10.4 Å². The predicted octanol–water partition coefficient (Wildman–Crippen LogP) is 5.49. The van der Waals surface area contributed by atoms with Crippen molar-refractivity contribution < 1.29 is 4.79 Å². The second-order valence-corrected chi connectivity index (χ2v) is 9.21. The van der Waals surface area contributed by atoms with Crippen LogP contribution in [-0.2, 0) is 6.42 Å². The molecule has 9 heteroatoms. The van der Waals surface area contributed by atoms with E-state index in [2.05, 4.69) is 20.4 Å². The van der Waals surface area contributed by atoms with Crippen molar-refractivity contribution in [3.05, 3.63) is 116 Å². The summed E-state index contributed by atoms with van der Waals surface area (Å²) in [6.45, 7) is 1.79. The van der Waals surface area contributed by atoms with Gasteiger partial charge in [-0.3, -0.25) is 14.6 Å². The third-order valence-corrected chi connectivity index (χ3v) is 6.70. The number of benzene rings is 2. The van der Waals surface area contributed by atoms with Gasteiger partial charge >= 0.3 is 0 Å². The van der Waals surface area contributed by atoms with Crippen LogP contribution in [0.5, 0.6) is 0 Å². The largest absolute Gasteiger partial charge is 0.306 e. The third kappa shape index (κ3) is 4.80. The monoisotopic (exact) mass is 501 g/mol. The normalized spacial score (nSPS) is 10.9. The van der Waals surface area contributed by atoms with Gasteiger partial charge in [-0.05, 0) is 36.1 Å². The number of aromatic amines is 1. The quantitative estimate of drug-likeness (QED) is 0.322. The highest BCUT2D eigenvalue weighted by Crippen LogP contribution is 2.28. The van der Waals surface area contributed by atoms with Crippen LogP contribution in [-0.4, -0.2) is 25.7 Å². The number of hydrogen-bond donors (Lipinski definition) is 2. The van der Waals surface area contributed by atoms with Crippen LogP contribution >= 0.6 is 22.9 Å². The number of amides is 1. The van der Waals surface area contributed by atoms with E-state index < -0.39 is 5.91 Å². The SMILES string of the molecule is Cc1nc(-n2nc(-c3cccs3)cc2NC(=O)c2ccccc2Cl)[nH]c(=O)c1Cc1ccccc1. The van der Waals surface area contributed by atoms with Crippen LogP contribution in [0.15, 0.2) is 83.0 Å². The molecule has 0 aliphatic heterocycles. The van der Waals surface area contributed by atoms with Gasteiger partial charge in [0, 0.05) is 18.1 Å². The fraction of sp³-hybridized carbons (Fsp3) is 0.0769. The smallest absolute Gasteiger partial charge is 0.258 e. The predicted molar refractivity (Wildman–Crippen MR) is 139 cm³/mol. The molecule has 0 aliphatic carbocycles. The van der Waals surface area contributed by atoms with Gasteiger partial charge in [0.25, 0.3) is 11.5 Å². The average Bonchev–Trinajstić information content (AvgIpc) is 3.52. The van der Waals surface area contributed by atoms with Crippen molar-refractivity contribution in [1.29, 1.82) is 0 Å². The molecule has 174 valence electrons. The highest BCUT2D eigenvalue weighted by Gasteiger charge is 2.19. The van der Waals surface area contributed by atoms with E-state index in [-0.39, 0.29) is 11.5 Å². The first kappa shape index (κ1) is 22.8. The van der Waals surface area contributed by atoms with Crippen molar-refractivity contribution in [2.45, 2.75) is 13.3 Å². The number of hydrogen-bond acceptors (Lipinski definition) is 5. The maximum absolute atomic E-state index is 13.0. The molecule has 0 atom stereocenters. The first-order valence-electron chi connectivity index (χ1n) is 10.8. The Morgan fingerprint density at radius 3 is 2.57 bits per heavy atom. The van der Waals surface area contributed by atoms with Crippen LogP contribution in [0.25, 0.3) is 16.5 Å². The molecule has 7 nitrogen and oxygen atoms in total. The van der Waals surface area contributed by atoms with E-state index in [1.54, 1.807) is 37.3 Å². The minimum atomic E-state index is -0.394. The highest BCUT2D eigenvalue weighted by atomic mass is 35.5. The van der Waals surface area contributed by atoms with Gasteiger partial charge in [0.15, 0.2) is 0 Å². The fourth-order valence-corrected chi connectivity index (χ4v) is 4.61. The zero-order valence-electron chi connectivity index (χ0n) is 18.7. The Labute approximate surface area is 210 Å². The van der Waals surface area contributed by atoms with Gasteiger partial charge in [0.1, 0.15) is 11.5 Å². The van der Waals surface area contributed by atoms with E-state index in [1.807, 2.05) is 47.8 Å². The summed E-state index contributed by atoms with van der Waals surface area (Å²) in [6, 6.07) is 22.1. The van der Waals surface area contributed by atoms with Gasteiger partial charge < -0.3 is 5.32 Å². The summed E-state index contributed by atoms with van der Waals surface area (Å²) < 4.78 is 1.44. The molecule has 3 heterocycles. The van der Waals surface area contributed by atoms with Crippen LogP contribution in [0.3, 0.4) is 0 Å². The zero-order valence-corrected chi connectivity index (χ0v) is 20.2. The van der Waals surface area contributed by atoms with E-state index in [1.165, 1.54) is 16.0 Å². The number of nitrogens with one attached hydrogen (secondary N) is 2. The number of rotatable bonds is 6. The standard InChI is InChI=1S/C26H20ClN5O2S/c1-16-19(14-17-8-3-2-4-9-17)25(34)30-26(28-16)32-23(15-21(31-32)22-12-7-13-35-22)29-24(33)18-10-5-6-11-20(18)27/h2-13,15H,14H2,1H3,(H,29,33)(H,28,30,34). The maximum Gasteiger partial charge on any atom is 0.258 e. The second-order valence-electron chi connectivity index (χ2n) is 7.85. The van der Waals surface area contributed by atoms with Crippen molar-refractivity contribution in [3.63, 3.8) is 0 Å². The minimum Gasteiger partial charge on any atom is -0.306 e.